The second kappa shape index (κ2) is 12.0. The van der Waals surface area contributed by atoms with E-state index in [1.165, 1.54) is 9.80 Å². The third-order valence-corrected chi connectivity index (χ3v) is 11.6. The summed E-state index contributed by atoms with van der Waals surface area (Å²) < 4.78 is 0. The summed E-state index contributed by atoms with van der Waals surface area (Å²) in [5.74, 6) is -4.71. The van der Waals surface area contributed by atoms with Gasteiger partial charge in [0.2, 0.25) is 23.6 Å². The average molecular weight is 687 g/mol. The van der Waals surface area contributed by atoms with E-state index < -0.39 is 46.8 Å². The van der Waals surface area contributed by atoms with E-state index in [-0.39, 0.29) is 36.3 Å². The number of hydrogen-bond acceptors (Lipinski definition) is 6. The molecular formula is C41H35ClN2O6. The topological polar surface area (TPSA) is 115 Å². The number of para-hydroxylation sites is 1. The van der Waals surface area contributed by atoms with Crippen molar-refractivity contribution in [2.75, 3.05) is 11.4 Å². The Morgan fingerprint density at radius 1 is 0.820 bits per heavy atom. The minimum absolute atomic E-state index is 0.0287. The fourth-order valence-corrected chi connectivity index (χ4v) is 9.38. The number of nitrogens with zero attached hydrogens (tertiary/aromatic N) is 2. The van der Waals surface area contributed by atoms with Crippen LogP contribution in [0.5, 0.6) is 11.5 Å². The van der Waals surface area contributed by atoms with Gasteiger partial charge >= 0.3 is 0 Å². The molecule has 9 heteroatoms. The molecule has 4 aromatic rings. The van der Waals surface area contributed by atoms with Crippen molar-refractivity contribution >= 4 is 40.9 Å². The van der Waals surface area contributed by atoms with Crippen LogP contribution in [-0.2, 0) is 31.0 Å². The van der Waals surface area contributed by atoms with E-state index in [9.17, 15) is 24.6 Å². The van der Waals surface area contributed by atoms with Crippen LogP contribution < -0.4 is 4.90 Å². The molecule has 2 N–H and O–H groups in total. The van der Waals surface area contributed by atoms with Crippen molar-refractivity contribution < 1.29 is 29.4 Å². The van der Waals surface area contributed by atoms with Crippen LogP contribution in [-0.4, -0.2) is 45.3 Å². The molecule has 4 aliphatic rings. The summed E-state index contributed by atoms with van der Waals surface area (Å²) in [6.45, 7) is 1.99. The van der Waals surface area contributed by atoms with Gasteiger partial charge < -0.3 is 10.2 Å². The molecule has 0 spiro atoms. The predicted octanol–water partition coefficient (Wildman–Crippen LogP) is 6.46. The standard InChI is InChI=1S/C41H35ClN2O6/c1-23-7-5-12-31(36(23)46)35-29-17-18-30-34(39(49)43(37(30)47)20-19-24-13-15-28(45)16-14-24)32(29)22-33-38(48)44(27-11-6-10-26(42)21-27)40(50)41(33,35)25-8-3-2-4-9-25/h2-17,21,30,32-35,45-46H,18-20,22H2,1H3. The zero-order valence-electron chi connectivity index (χ0n) is 27.3. The lowest BCUT2D eigenvalue weighted by atomic mass is 9.49. The van der Waals surface area contributed by atoms with Gasteiger partial charge in [-0.25, -0.2) is 4.90 Å². The van der Waals surface area contributed by atoms with Crippen molar-refractivity contribution in [2.24, 2.45) is 23.7 Å². The largest absolute Gasteiger partial charge is 0.508 e. The Hall–Kier alpha value is -5.21. The zero-order valence-corrected chi connectivity index (χ0v) is 28.1. The van der Waals surface area contributed by atoms with E-state index in [0.29, 0.717) is 40.2 Å². The fraction of sp³-hybridized carbons (Fsp3) is 0.268. The summed E-state index contributed by atoms with van der Waals surface area (Å²) in [5, 5.41) is 21.8. The zero-order chi connectivity index (χ0) is 34.9. The highest BCUT2D eigenvalue weighted by Crippen LogP contribution is 2.65. The molecule has 2 heterocycles. The van der Waals surface area contributed by atoms with Gasteiger partial charge in [0.15, 0.2) is 0 Å². The molecule has 8 nitrogen and oxygen atoms in total. The molecule has 0 aromatic heterocycles. The maximum atomic E-state index is 15.3. The molecule has 6 unspecified atom stereocenters. The van der Waals surface area contributed by atoms with Crippen LogP contribution in [0.15, 0.2) is 109 Å². The first kappa shape index (κ1) is 32.0. The lowest BCUT2D eigenvalue weighted by Crippen LogP contribution is -2.53. The van der Waals surface area contributed by atoms with E-state index in [2.05, 4.69) is 0 Å². The van der Waals surface area contributed by atoms with Crippen LogP contribution in [0.25, 0.3) is 0 Å². The number of amides is 4. The highest BCUT2D eigenvalue weighted by molar-refractivity contribution is 6.32. The Kier molecular flexibility index (Phi) is 7.68. The number of aryl methyl sites for hydroxylation is 1. The van der Waals surface area contributed by atoms with E-state index in [4.69, 9.17) is 11.6 Å². The molecule has 0 radical (unpaired) electrons. The number of hydrogen-bond donors (Lipinski definition) is 2. The van der Waals surface area contributed by atoms with E-state index in [1.54, 1.807) is 67.6 Å². The number of rotatable bonds is 6. The normalized spacial score (nSPS) is 27.2. The molecule has 6 atom stereocenters. The molecule has 252 valence electrons. The Morgan fingerprint density at radius 3 is 2.30 bits per heavy atom. The fourth-order valence-electron chi connectivity index (χ4n) is 9.19. The van der Waals surface area contributed by atoms with Crippen molar-refractivity contribution in [2.45, 2.75) is 37.5 Å². The van der Waals surface area contributed by atoms with Crippen LogP contribution in [0.4, 0.5) is 5.69 Å². The van der Waals surface area contributed by atoms with Crippen LogP contribution in [0, 0.1) is 30.6 Å². The Labute approximate surface area is 294 Å². The molecule has 2 saturated heterocycles. The number of allylic oxidation sites excluding steroid dienone is 2. The first-order chi connectivity index (χ1) is 24.1. The minimum Gasteiger partial charge on any atom is -0.508 e. The predicted molar refractivity (Wildman–Crippen MR) is 187 cm³/mol. The number of benzene rings is 4. The van der Waals surface area contributed by atoms with Gasteiger partial charge in [-0.05, 0) is 79.1 Å². The minimum atomic E-state index is -1.45. The Bertz CT molecular complexity index is 2100. The third kappa shape index (κ3) is 4.65. The number of fused-ring (bicyclic) bond motifs is 4. The molecule has 2 aliphatic heterocycles. The molecule has 8 rings (SSSR count). The Morgan fingerprint density at radius 2 is 1.56 bits per heavy atom. The summed E-state index contributed by atoms with van der Waals surface area (Å²) >= 11 is 6.38. The molecule has 50 heavy (non-hydrogen) atoms. The van der Waals surface area contributed by atoms with Gasteiger partial charge in [0.05, 0.1) is 28.9 Å². The van der Waals surface area contributed by atoms with Gasteiger partial charge in [-0.1, -0.05) is 90.0 Å². The smallest absolute Gasteiger partial charge is 0.246 e. The highest BCUT2D eigenvalue weighted by atomic mass is 35.5. The van der Waals surface area contributed by atoms with Gasteiger partial charge in [0, 0.05) is 23.0 Å². The first-order valence-corrected chi connectivity index (χ1v) is 17.3. The van der Waals surface area contributed by atoms with Crippen molar-refractivity contribution in [3.05, 3.63) is 136 Å². The van der Waals surface area contributed by atoms with Crippen molar-refractivity contribution in [1.29, 1.82) is 0 Å². The third-order valence-electron chi connectivity index (χ3n) is 11.4. The summed E-state index contributed by atoms with van der Waals surface area (Å²) in [6, 6.07) is 28.0. The van der Waals surface area contributed by atoms with E-state index >= 15 is 4.79 Å². The summed E-state index contributed by atoms with van der Waals surface area (Å²) in [4.78, 5) is 61.0. The summed E-state index contributed by atoms with van der Waals surface area (Å²) in [6.07, 6.45) is 2.91. The molecule has 3 fully saturated rings. The number of carbonyl (C=O) groups excluding carboxylic acids is 4. The number of phenolic OH excluding ortho intramolecular Hbond substituents is 2. The van der Waals surface area contributed by atoms with Gasteiger partial charge in [-0.15, -0.1) is 0 Å². The number of halogens is 1. The van der Waals surface area contributed by atoms with E-state index in [0.717, 1.165) is 11.1 Å². The maximum Gasteiger partial charge on any atom is 0.246 e. The number of imide groups is 2. The lowest BCUT2D eigenvalue weighted by Gasteiger charge is -2.50. The second-order valence-corrected chi connectivity index (χ2v) is 14.3. The Balaban J connectivity index is 1.29. The number of aromatic hydroxyl groups is 2. The van der Waals surface area contributed by atoms with Crippen molar-refractivity contribution in [3.8, 4) is 11.5 Å². The highest BCUT2D eigenvalue weighted by Gasteiger charge is 2.70. The van der Waals surface area contributed by atoms with Gasteiger partial charge in [-0.2, -0.15) is 0 Å². The van der Waals surface area contributed by atoms with Crippen molar-refractivity contribution in [3.63, 3.8) is 0 Å². The van der Waals surface area contributed by atoms with E-state index in [1.807, 2.05) is 42.5 Å². The average Bonchev–Trinajstić information content (AvgIpc) is 3.50. The molecule has 0 bridgehead atoms. The van der Waals surface area contributed by atoms with Crippen LogP contribution in [0.1, 0.15) is 41.0 Å². The maximum absolute atomic E-state index is 15.3. The number of carbonyl (C=O) groups is 4. The van der Waals surface area contributed by atoms with Gasteiger partial charge in [0.25, 0.3) is 0 Å². The summed E-state index contributed by atoms with van der Waals surface area (Å²) in [5.41, 5.74) is 2.34. The van der Waals surface area contributed by atoms with Crippen LogP contribution in [0.3, 0.4) is 0 Å². The number of likely N-dealkylation sites (tertiary alicyclic amines) is 1. The number of phenols is 2. The van der Waals surface area contributed by atoms with Crippen molar-refractivity contribution in [1.82, 2.24) is 4.90 Å². The van der Waals surface area contributed by atoms with Gasteiger partial charge in [-0.3, -0.25) is 24.1 Å². The van der Waals surface area contributed by atoms with Gasteiger partial charge in [0.1, 0.15) is 11.5 Å². The molecule has 4 aromatic carbocycles. The molecule has 1 saturated carbocycles. The van der Waals surface area contributed by atoms with Crippen LogP contribution in [0.2, 0.25) is 5.02 Å². The molecular weight excluding hydrogens is 652 g/mol. The molecule has 2 aliphatic carbocycles. The van der Waals surface area contributed by atoms with Crippen LogP contribution >= 0.6 is 11.6 Å². The number of anilines is 1. The monoisotopic (exact) mass is 686 g/mol. The summed E-state index contributed by atoms with van der Waals surface area (Å²) in [7, 11) is 0. The quantitative estimate of drug-likeness (QED) is 0.178. The first-order valence-electron chi connectivity index (χ1n) is 16.9. The lowest BCUT2D eigenvalue weighted by molar-refractivity contribution is -0.140. The SMILES string of the molecule is Cc1cccc(C2C3=CCC4C(=O)N(CCc5ccc(O)cc5)C(=O)C4C3CC3C(=O)N(c4cccc(Cl)c4)C(=O)C32c2ccccc2)c1O. The second-order valence-electron chi connectivity index (χ2n) is 13.9. The molecule has 4 amide bonds.